The van der Waals surface area contributed by atoms with Gasteiger partial charge in [0.25, 0.3) is 0 Å². The number of hydrogen-bond acceptors (Lipinski definition) is 7. The van der Waals surface area contributed by atoms with E-state index in [1.54, 1.807) is 13.0 Å². The van der Waals surface area contributed by atoms with Crippen molar-refractivity contribution in [3.8, 4) is 17.3 Å². The molecule has 0 radical (unpaired) electrons. The Balaban J connectivity index is 0.00000121. The molecular weight excluding hydrogens is 531 g/mol. The van der Waals surface area contributed by atoms with Gasteiger partial charge in [-0.05, 0) is 37.3 Å². The summed E-state index contributed by atoms with van der Waals surface area (Å²) in [5.41, 5.74) is 2.64. The fraction of sp³-hybridized carbons (Fsp3) is 0.259. The summed E-state index contributed by atoms with van der Waals surface area (Å²) in [5.74, 6) is -1.10. The van der Waals surface area contributed by atoms with Crippen LogP contribution in [0.5, 0.6) is 0 Å². The molecule has 4 rings (SSSR count). The highest BCUT2D eigenvalue weighted by atomic mass is 35.5. The number of nitrogens with zero attached hydrogens (tertiary/aromatic N) is 4. The zero-order valence-corrected chi connectivity index (χ0v) is 23.6. The van der Waals surface area contributed by atoms with Gasteiger partial charge in [0.05, 0.1) is 33.6 Å². The summed E-state index contributed by atoms with van der Waals surface area (Å²) in [7, 11) is -0.488. The lowest BCUT2D eigenvalue weighted by Crippen LogP contribution is -2.08. The van der Waals surface area contributed by atoms with Gasteiger partial charge in [0.15, 0.2) is 5.82 Å². The molecule has 38 heavy (non-hydrogen) atoms. The van der Waals surface area contributed by atoms with Crippen LogP contribution in [0.1, 0.15) is 44.5 Å². The number of rotatable bonds is 6. The largest absolute Gasteiger partial charge is 0.378 e. The standard InChI is InChI=1S/C23H17ClF2N5O2P.2C2H6/c1-12-20(24)23(29-11-15-7-13(9-27)3-5-16(15)25)22-18(30-12)8-17(26)21(31-22)14-4-6-19(28-10-14)34(32)33-2;2*1-2/h3-8,10,32H,11H2,1-2H3,(H,29,30);2*1-2H3. The van der Waals surface area contributed by atoms with E-state index in [2.05, 4.69) is 20.3 Å². The third-order valence-corrected chi connectivity index (χ3v) is 6.50. The number of halogens is 3. The minimum absolute atomic E-state index is 0.00802. The molecule has 0 aliphatic carbocycles. The van der Waals surface area contributed by atoms with Gasteiger partial charge in [-0.25, -0.2) is 18.7 Å². The number of anilines is 1. The van der Waals surface area contributed by atoms with Gasteiger partial charge in [-0.3, -0.25) is 4.98 Å². The molecule has 1 aromatic carbocycles. The Labute approximate surface area is 227 Å². The summed E-state index contributed by atoms with van der Waals surface area (Å²) in [6, 6.07) is 10.4. The minimum atomic E-state index is -1.85. The second-order valence-corrected chi connectivity index (χ2v) is 8.95. The zero-order valence-electron chi connectivity index (χ0n) is 22.0. The van der Waals surface area contributed by atoms with Crippen LogP contribution in [0, 0.1) is 29.9 Å². The van der Waals surface area contributed by atoms with Crippen molar-refractivity contribution >= 4 is 42.1 Å². The van der Waals surface area contributed by atoms with Gasteiger partial charge in [-0.15, -0.1) is 0 Å². The Kier molecular flexibility index (Phi) is 11.9. The van der Waals surface area contributed by atoms with E-state index < -0.39 is 20.0 Å². The Morgan fingerprint density at radius 2 is 1.79 bits per heavy atom. The van der Waals surface area contributed by atoms with E-state index in [4.69, 9.17) is 21.4 Å². The Hall–Kier alpha value is -3.28. The maximum Gasteiger partial charge on any atom is 0.221 e. The van der Waals surface area contributed by atoms with Gasteiger partial charge in [-0.1, -0.05) is 39.3 Å². The molecule has 200 valence electrons. The Morgan fingerprint density at radius 1 is 1.08 bits per heavy atom. The SMILES string of the molecule is CC.CC.COP(O)c1ccc(-c2nc3c(NCc4cc(C#N)ccc4F)c(Cl)c(C)nc3cc2F)cn1. The van der Waals surface area contributed by atoms with Crippen molar-refractivity contribution in [3.63, 3.8) is 0 Å². The van der Waals surface area contributed by atoms with E-state index in [-0.39, 0.29) is 33.9 Å². The van der Waals surface area contributed by atoms with Crippen LogP contribution in [-0.4, -0.2) is 27.0 Å². The van der Waals surface area contributed by atoms with Crippen LogP contribution in [0.3, 0.4) is 0 Å². The van der Waals surface area contributed by atoms with E-state index in [1.165, 1.54) is 43.6 Å². The molecule has 0 spiro atoms. The molecule has 7 nitrogen and oxygen atoms in total. The smallest absolute Gasteiger partial charge is 0.221 e. The third-order valence-electron chi connectivity index (χ3n) is 5.04. The Bertz CT molecular complexity index is 1430. The fourth-order valence-electron chi connectivity index (χ4n) is 3.32. The Morgan fingerprint density at radius 3 is 2.39 bits per heavy atom. The number of fused-ring (bicyclic) bond motifs is 1. The van der Waals surface area contributed by atoms with Crippen molar-refractivity contribution in [2.45, 2.75) is 41.2 Å². The average molecular weight is 560 g/mol. The van der Waals surface area contributed by atoms with Crippen molar-refractivity contribution in [3.05, 3.63) is 76.1 Å². The molecule has 4 aromatic rings. The van der Waals surface area contributed by atoms with Crippen LogP contribution < -0.4 is 10.8 Å². The molecule has 0 saturated heterocycles. The first kappa shape index (κ1) is 30.9. The van der Waals surface area contributed by atoms with E-state index in [1.807, 2.05) is 33.8 Å². The van der Waals surface area contributed by atoms with Crippen molar-refractivity contribution in [2.24, 2.45) is 0 Å². The van der Waals surface area contributed by atoms with Crippen LogP contribution >= 0.6 is 20.0 Å². The summed E-state index contributed by atoms with van der Waals surface area (Å²) in [4.78, 5) is 22.7. The number of nitriles is 1. The van der Waals surface area contributed by atoms with Gasteiger partial charge >= 0.3 is 0 Å². The molecule has 0 amide bonds. The highest BCUT2D eigenvalue weighted by molar-refractivity contribution is 7.54. The molecule has 1 unspecified atom stereocenters. The summed E-state index contributed by atoms with van der Waals surface area (Å²) in [6.45, 7) is 9.68. The van der Waals surface area contributed by atoms with E-state index in [0.29, 0.717) is 27.9 Å². The van der Waals surface area contributed by atoms with Gasteiger partial charge in [0, 0.05) is 37.0 Å². The van der Waals surface area contributed by atoms with Crippen molar-refractivity contribution < 1.29 is 18.2 Å². The maximum absolute atomic E-state index is 14.9. The second-order valence-electron chi connectivity index (χ2n) is 7.20. The summed E-state index contributed by atoms with van der Waals surface area (Å²) in [5, 5.41) is 12.4. The van der Waals surface area contributed by atoms with Crippen LogP contribution in [0.2, 0.25) is 5.02 Å². The molecule has 0 aliphatic rings. The molecule has 11 heteroatoms. The lowest BCUT2D eigenvalue weighted by atomic mass is 10.1. The highest BCUT2D eigenvalue weighted by Gasteiger charge is 2.18. The van der Waals surface area contributed by atoms with Crippen LogP contribution in [0.25, 0.3) is 22.3 Å². The topological polar surface area (TPSA) is 104 Å². The predicted octanol–water partition coefficient (Wildman–Crippen LogP) is 7.04. The number of aromatic nitrogens is 3. The highest BCUT2D eigenvalue weighted by Crippen LogP contribution is 2.35. The maximum atomic E-state index is 14.9. The number of benzene rings is 1. The molecule has 3 aromatic heterocycles. The minimum Gasteiger partial charge on any atom is -0.378 e. The van der Waals surface area contributed by atoms with Crippen molar-refractivity contribution in [1.82, 2.24) is 15.0 Å². The molecular formula is C27H29ClF2N5O2P. The van der Waals surface area contributed by atoms with Crippen LogP contribution in [0.15, 0.2) is 42.6 Å². The molecule has 1 atom stereocenters. The second kappa shape index (κ2) is 14.6. The third kappa shape index (κ3) is 6.97. The van der Waals surface area contributed by atoms with Gasteiger partial charge in [-0.2, -0.15) is 5.26 Å². The van der Waals surface area contributed by atoms with E-state index >= 15 is 0 Å². The molecule has 0 fully saturated rings. The summed E-state index contributed by atoms with van der Waals surface area (Å²) >= 11 is 6.49. The first-order valence-corrected chi connectivity index (χ1v) is 13.5. The number of hydrogen-bond donors (Lipinski definition) is 2. The molecule has 3 heterocycles. The number of nitrogens with one attached hydrogen (secondary N) is 1. The molecule has 0 aliphatic heterocycles. The molecule has 0 bridgehead atoms. The fourth-order valence-corrected chi connectivity index (χ4v) is 4.07. The van der Waals surface area contributed by atoms with E-state index in [9.17, 15) is 13.7 Å². The molecule has 0 saturated carbocycles. The van der Waals surface area contributed by atoms with E-state index in [0.717, 1.165) is 0 Å². The first-order valence-electron chi connectivity index (χ1n) is 11.9. The van der Waals surface area contributed by atoms with Crippen LogP contribution in [-0.2, 0) is 11.1 Å². The van der Waals surface area contributed by atoms with Crippen LogP contribution in [0.4, 0.5) is 14.5 Å². The predicted molar refractivity (Wildman–Crippen MR) is 149 cm³/mol. The van der Waals surface area contributed by atoms with Gasteiger partial charge < -0.3 is 14.7 Å². The monoisotopic (exact) mass is 559 g/mol. The normalized spacial score (nSPS) is 11.0. The molecule has 2 N–H and O–H groups in total. The summed E-state index contributed by atoms with van der Waals surface area (Å²) < 4.78 is 34.1. The lowest BCUT2D eigenvalue weighted by Gasteiger charge is -2.15. The van der Waals surface area contributed by atoms with Gasteiger partial charge in [0.2, 0.25) is 8.38 Å². The number of pyridine rings is 3. The lowest BCUT2D eigenvalue weighted by molar-refractivity contribution is 0.400. The number of aryl methyl sites for hydroxylation is 1. The van der Waals surface area contributed by atoms with Crippen molar-refractivity contribution in [2.75, 3.05) is 12.4 Å². The zero-order chi connectivity index (χ0) is 28.4. The summed E-state index contributed by atoms with van der Waals surface area (Å²) in [6.07, 6.45) is 1.39. The van der Waals surface area contributed by atoms with Gasteiger partial charge in [0.1, 0.15) is 22.5 Å². The quantitative estimate of drug-likeness (QED) is 0.244. The van der Waals surface area contributed by atoms with Crippen molar-refractivity contribution in [1.29, 1.82) is 5.26 Å². The average Bonchev–Trinajstić information content (AvgIpc) is 2.96. The first-order chi connectivity index (χ1) is 18.3.